The number of benzene rings is 1. The Balaban J connectivity index is 1.36. The Labute approximate surface area is 213 Å². The molecule has 0 bridgehead atoms. The summed E-state index contributed by atoms with van der Waals surface area (Å²) >= 11 is 0. The number of nitrogens with zero attached hydrogens (tertiary/aromatic N) is 5. The highest BCUT2D eigenvalue weighted by Crippen LogP contribution is 2.38. The Bertz CT molecular complexity index is 1300. The number of morpholine rings is 1. The van der Waals surface area contributed by atoms with Crippen molar-refractivity contribution < 1.29 is 28.5 Å². The molecule has 3 aromatic heterocycles. The number of imidazole rings is 1. The Morgan fingerprint density at radius 3 is 2.57 bits per heavy atom. The van der Waals surface area contributed by atoms with Crippen LogP contribution in [0.15, 0.2) is 47.6 Å². The van der Waals surface area contributed by atoms with E-state index < -0.39 is 0 Å². The Morgan fingerprint density at radius 2 is 1.89 bits per heavy atom. The number of ether oxygens (including phenoxy) is 4. The first kappa shape index (κ1) is 24.8. The lowest BCUT2D eigenvalue weighted by Crippen LogP contribution is -2.46. The van der Waals surface area contributed by atoms with Crippen molar-refractivity contribution in [3.05, 3.63) is 54.5 Å². The monoisotopic (exact) mass is 510 g/mol. The molecule has 196 valence electrons. The third kappa shape index (κ3) is 5.17. The first-order chi connectivity index (χ1) is 18.1. The second kappa shape index (κ2) is 11.0. The molecular formula is C25H30N6O6. The lowest BCUT2D eigenvalue weighted by atomic mass is 10.1. The molecule has 0 amide bonds. The molecule has 1 fully saturated rings. The zero-order chi connectivity index (χ0) is 25.8. The molecule has 37 heavy (non-hydrogen) atoms. The molecule has 4 heterocycles. The smallest absolute Gasteiger partial charge is 0.203 e. The van der Waals surface area contributed by atoms with Crippen LogP contribution in [-0.2, 0) is 17.8 Å². The minimum atomic E-state index is -0.385. The van der Waals surface area contributed by atoms with Crippen LogP contribution in [0.5, 0.6) is 17.2 Å². The molecule has 12 heteroatoms. The number of hydrogen-bond acceptors (Lipinski definition) is 11. The van der Waals surface area contributed by atoms with Gasteiger partial charge in [0.2, 0.25) is 5.75 Å². The van der Waals surface area contributed by atoms with Gasteiger partial charge in [0.05, 0.1) is 53.2 Å². The van der Waals surface area contributed by atoms with Gasteiger partial charge in [-0.1, -0.05) is 0 Å². The molecule has 4 aromatic rings. The molecule has 1 saturated heterocycles. The molecule has 2 N–H and O–H groups in total. The standard InChI is InChI=1S/C25H30N6O6/c1-33-19-7-16(8-20(34-2)23(19)35-3)9-26-24-22-25(28-14-27-24)31(15-29-22)21-12-30(11-18(13-32)37-21)10-17-5-4-6-36-17/h4-8,14-15,18,21,32H,9-13H2,1-3H3,(H,26,27,28)/t18-,21+/m0/s1. The van der Waals surface area contributed by atoms with Crippen LogP contribution >= 0.6 is 0 Å². The Hall–Kier alpha value is -3.87. The predicted octanol–water partition coefficient (Wildman–Crippen LogP) is 2.45. The number of anilines is 1. The van der Waals surface area contributed by atoms with Gasteiger partial charge in [-0.25, -0.2) is 15.0 Å². The van der Waals surface area contributed by atoms with Crippen molar-refractivity contribution >= 4 is 17.0 Å². The average molecular weight is 511 g/mol. The minimum Gasteiger partial charge on any atom is -0.493 e. The third-order valence-electron chi connectivity index (χ3n) is 6.24. The average Bonchev–Trinajstić information content (AvgIpc) is 3.61. The lowest BCUT2D eigenvalue weighted by Gasteiger charge is -2.37. The summed E-state index contributed by atoms with van der Waals surface area (Å²) < 4.78 is 29.9. The summed E-state index contributed by atoms with van der Waals surface area (Å²) in [5.74, 6) is 3.12. The second-order valence-electron chi connectivity index (χ2n) is 8.60. The third-order valence-corrected chi connectivity index (χ3v) is 6.24. The highest BCUT2D eigenvalue weighted by molar-refractivity contribution is 5.82. The fourth-order valence-corrected chi connectivity index (χ4v) is 4.51. The van der Waals surface area contributed by atoms with Crippen molar-refractivity contribution in [2.75, 3.05) is 46.3 Å². The van der Waals surface area contributed by atoms with Crippen molar-refractivity contribution in [2.45, 2.75) is 25.4 Å². The van der Waals surface area contributed by atoms with E-state index in [1.165, 1.54) is 6.33 Å². The van der Waals surface area contributed by atoms with Crippen LogP contribution in [0, 0.1) is 0 Å². The fraction of sp³-hybridized carbons (Fsp3) is 0.400. The number of hydrogen-bond donors (Lipinski definition) is 2. The van der Waals surface area contributed by atoms with Gasteiger partial charge in [0.15, 0.2) is 28.5 Å². The van der Waals surface area contributed by atoms with E-state index >= 15 is 0 Å². The van der Waals surface area contributed by atoms with Crippen LogP contribution in [0.3, 0.4) is 0 Å². The van der Waals surface area contributed by atoms with E-state index in [-0.39, 0.29) is 18.9 Å². The number of aliphatic hydroxyl groups is 1. The van der Waals surface area contributed by atoms with Crippen LogP contribution in [-0.4, -0.2) is 76.7 Å². The summed E-state index contributed by atoms with van der Waals surface area (Å²) in [5.41, 5.74) is 2.15. The van der Waals surface area contributed by atoms with Crippen LogP contribution in [0.25, 0.3) is 11.2 Å². The summed E-state index contributed by atoms with van der Waals surface area (Å²) in [7, 11) is 4.74. The molecule has 0 radical (unpaired) electrons. The number of furan rings is 1. The maximum atomic E-state index is 9.83. The number of methoxy groups -OCH3 is 3. The van der Waals surface area contributed by atoms with Crippen molar-refractivity contribution in [3.63, 3.8) is 0 Å². The van der Waals surface area contributed by atoms with Gasteiger partial charge in [-0.15, -0.1) is 0 Å². The molecule has 1 aliphatic heterocycles. The summed E-state index contributed by atoms with van der Waals surface area (Å²) in [6, 6.07) is 7.56. The van der Waals surface area contributed by atoms with E-state index in [0.717, 1.165) is 11.3 Å². The van der Waals surface area contributed by atoms with Gasteiger partial charge in [0, 0.05) is 19.6 Å². The normalized spacial score (nSPS) is 18.2. The maximum Gasteiger partial charge on any atom is 0.203 e. The lowest BCUT2D eigenvalue weighted by molar-refractivity contribution is -0.136. The van der Waals surface area contributed by atoms with E-state index in [9.17, 15) is 5.11 Å². The summed E-state index contributed by atoms with van der Waals surface area (Å²) in [4.78, 5) is 15.6. The van der Waals surface area contributed by atoms with E-state index in [1.54, 1.807) is 33.9 Å². The highest BCUT2D eigenvalue weighted by atomic mass is 16.5. The summed E-state index contributed by atoms with van der Waals surface area (Å²) in [5, 5.41) is 13.2. The molecule has 0 aliphatic carbocycles. The predicted molar refractivity (Wildman–Crippen MR) is 134 cm³/mol. The van der Waals surface area contributed by atoms with Gasteiger partial charge >= 0.3 is 0 Å². The van der Waals surface area contributed by atoms with Crippen LogP contribution in [0.4, 0.5) is 5.82 Å². The highest BCUT2D eigenvalue weighted by Gasteiger charge is 2.30. The van der Waals surface area contributed by atoms with Gasteiger partial charge in [-0.2, -0.15) is 0 Å². The van der Waals surface area contributed by atoms with Gasteiger partial charge in [-0.05, 0) is 29.8 Å². The molecule has 0 unspecified atom stereocenters. The summed E-state index contributed by atoms with van der Waals surface area (Å²) in [6.45, 7) is 2.15. The number of fused-ring (bicyclic) bond motifs is 1. The molecule has 2 atom stereocenters. The van der Waals surface area contributed by atoms with E-state index in [4.69, 9.17) is 23.4 Å². The molecule has 0 saturated carbocycles. The SMILES string of the molecule is COc1cc(CNc2ncnc3c2ncn3[C@H]2CN(Cc3ccco3)C[C@@H](CO)O2)cc(OC)c1OC. The summed E-state index contributed by atoms with van der Waals surface area (Å²) in [6.07, 6.45) is 4.11. The van der Waals surface area contributed by atoms with Crippen LogP contribution < -0.4 is 19.5 Å². The Morgan fingerprint density at radius 1 is 1.08 bits per heavy atom. The van der Waals surface area contributed by atoms with E-state index in [0.29, 0.717) is 60.4 Å². The van der Waals surface area contributed by atoms with Crippen molar-refractivity contribution in [3.8, 4) is 17.2 Å². The number of nitrogens with one attached hydrogen (secondary N) is 1. The molecule has 1 aliphatic rings. The van der Waals surface area contributed by atoms with Gasteiger partial charge in [0.25, 0.3) is 0 Å². The Kier molecular flexibility index (Phi) is 7.40. The quantitative estimate of drug-likeness (QED) is 0.326. The first-order valence-corrected chi connectivity index (χ1v) is 11.8. The molecular weight excluding hydrogens is 480 g/mol. The van der Waals surface area contributed by atoms with Crippen LogP contribution in [0.1, 0.15) is 17.6 Å². The zero-order valence-corrected chi connectivity index (χ0v) is 21.0. The first-order valence-electron chi connectivity index (χ1n) is 11.8. The molecule has 5 rings (SSSR count). The number of aromatic nitrogens is 4. The van der Waals surface area contributed by atoms with Gasteiger partial charge in [0.1, 0.15) is 18.3 Å². The fourth-order valence-electron chi connectivity index (χ4n) is 4.51. The maximum absolute atomic E-state index is 9.83. The van der Waals surface area contributed by atoms with Crippen LogP contribution in [0.2, 0.25) is 0 Å². The van der Waals surface area contributed by atoms with E-state index in [2.05, 4.69) is 25.2 Å². The van der Waals surface area contributed by atoms with Crippen molar-refractivity contribution in [1.29, 1.82) is 0 Å². The minimum absolute atomic E-state index is 0.0889. The molecule has 1 aromatic carbocycles. The molecule has 0 spiro atoms. The number of rotatable bonds is 10. The second-order valence-corrected chi connectivity index (χ2v) is 8.60. The van der Waals surface area contributed by atoms with Crippen molar-refractivity contribution in [2.24, 2.45) is 0 Å². The largest absolute Gasteiger partial charge is 0.493 e. The topological polar surface area (TPSA) is 129 Å². The number of aliphatic hydroxyl groups excluding tert-OH is 1. The van der Waals surface area contributed by atoms with Gasteiger partial charge in [-0.3, -0.25) is 9.47 Å². The van der Waals surface area contributed by atoms with Gasteiger partial charge < -0.3 is 33.8 Å². The zero-order valence-electron chi connectivity index (χ0n) is 21.0. The van der Waals surface area contributed by atoms with E-state index in [1.807, 2.05) is 28.8 Å². The molecule has 12 nitrogen and oxygen atoms in total. The van der Waals surface area contributed by atoms with Crippen molar-refractivity contribution in [1.82, 2.24) is 24.4 Å².